The van der Waals surface area contributed by atoms with E-state index in [4.69, 9.17) is 4.74 Å². The van der Waals surface area contributed by atoms with Gasteiger partial charge in [0.1, 0.15) is 5.75 Å². The Morgan fingerprint density at radius 1 is 1.39 bits per heavy atom. The Balaban J connectivity index is 1.66. The number of rotatable bonds is 5. The third kappa shape index (κ3) is 2.39. The fourth-order valence-electron chi connectivity index (χ4n) is 2.93. The van der Waals surface area contributed by atoms with Gasteiger partial charge in [-0.25, -0.2) is 0 Å². The molecule has 2 nitrogen and oxygen atoms in total. The van der Waals surface area contributed by atoms with Crippen molar-refractivity contribution in [3.05, 3.63) is 29.3 Å². The van der Waals surface area contributed by atoms with Gasteiger partial charge in [-0.3, -0.25) is 0 Å². The molecule has 1 aromatic carbocycles. The van der Waals surface area contributed by atoms with E-state index in [0.29, 0.717) is 6.04 Å². The Labute approximate surface area is 110 Å². The van der Waals surface area contributed by atoms with Crippen molar-refractivity contribution in [3.63, 3.8) is 0 Å². The lowest BCUT2D eigenvalue weighted by atomic mass is 9.85. The van der Waals surface area contributed by atoms with Crippen LogP contribution in [0.5, 0.6) is 5.75 Å². The predicted molar refractivity (Wildman–Crippen MR) is 74.0 cm³/mol. The van der Waals surface area contributed by atoms with E-state index in [1.54, 1.807) is 0 Å². The second-order valence-electron chi connectivity index (χ2n) is 5.63. The van der Waals surface area contributed by atoms with Crippen molar-refractivity contribution < 1.29 is 4.74 Å². The van der Waals surface area contributed by atoms with Crippen LogP contribution in [0.1, 0.15) is 49.8 Å². The Kier molecular flexibility index (Phi) is 3.55. The first kappa shape index (κ1) is 12.0. The molecule has 0 bridgehead atoms. The molecule has 2 aliphatic rings. The minimum absolute atomic E-state index is 0.511. The summed E-state index contributed by atoms with van der Waals surface area (Å²) >= 11 is 0. The van der Waals surface area contributed by atoms with E-state index < -0.39 is 0 Å². The molecule has 1 saturated carbocycles. The Hall–Kier alpha value is -1.02. The molecule has 2 heteroatoms. The van der Waals surface area contributed by atoms with Crippen molar-refractivity contribution in [1.82, 2.24) is 5.32 Å². The molecule has 0 spiro atoms. The molecule has 0 radical (unpaired) electrons. The lowest BCUT2D eigenvalue weighted by Gasteiger charge is -2.28. The van der Waals surface area contributed by atoms with Crippen molar-refractivity contribution in [2.24, 2.45) is 5.92 Å². The van der Waals surface area contributed by atoms with Crippen molar-refractivity contribution >= 4 is 0 Å². The summed E-state index contributed by atoms with van der Waals surface area (Å²) in [5.41, 5.74) is 2.82. The minimum Gasteiger partial charge on any atom is -0.493 e. The standard InChI is InChI=1S/C16H23NO/c1-2-15(17-11-12-4-3-5-12)13-6-7-16-14(10-13)8-9-18-16/h6-7,10,12,15,17H,2-5,8-9,11H2,1H3. The highest BCUT2D eigenvalue weighted by atomic mass is 16.5. The average molecular weight is 245 g/mol. The summed E-state index contributed by atoms with van der Waals surface area (Å²) in [6, 6.07) is 7.22. The van der Waals surface area contributed by atoms with E-state index in [1.807, 2.05) is 0 Å². The maximum atomic E-state index is 5.57. The molecule has 1 atom stereocenters. The maximum Gasteiger partial charge on any atom is 0.122 e. The van der Waals surface area contributed by atoms with E-state index >= 15 is 0 Å². The highest BCUT2D eigenvalue weighted by Gasteiger charge is 2.20. The van der Waals surface area contributed by atoms with Crippen LogP contribution in [0.15, 0.2) is 18.2 Å². The Morgan fingerprint density at radius 2 is 2.28 bits per heavy atom. The van der Waals surface area contributed by atoms with Crippen LogP contribution in [0.2, 0.25) is 0 Å². The predicted octanol–water partition coefficient (Wildman–Crippen LogP) is 3.46. The van der Waals surface area contributed by atoms with Gasteiger partial charge in [0.2, 0.25) is 0 Å². The highest BCUT2D eigenvalue weighted by Crippen LogP contribution is 2.30. The third-order valence-electron chi connectivity index (χ3n) is 4.40. The van der Waals surface area contributed by atoms with Crippen molar-refractivity contribution in [1.29, 1.82) is 0 Å². The van der Waals surface area contributed by atoms with Crippen LogP contribution in [0.25, 0.3) is 0 Å². The Bertz CT molecular complexity index is 412. The van der Waals surface area contributed by atoms with Crippen molar-refractivity contribution in [2.75, 3.05) is 13.2 Å². The summed E-state index contributed by atoms with van der Waals surface area (Å²) in [6.07, 6.45) is 6.50. The summed E-state index contributed by atoms with van der Waals surface area (Å²) in [7, 11) is 0. The molecule has 1 unspecified atom stereocenters. The molecular formula is C16H23NO. The van der Waals surface area contributed by atoms with Crippen LogP contribution in [-0.2, 0) is 6.42 Å². The van der Waals surface area contributed by atoms with Crippen LogP contribution in [0, 0.1) is 5.92 Å². The number of benzene rings is 1. The molecular weight excluding hydrogens is 222 g/mol. The quantitative estimate of drug-likeness (QED) is 0.857. The number of fused-ring (bicyclic) bond motifs is 1. The van der Waals surface area contributed by atoms with Gasteiger partial charge in [-0.1, -0.05) is 25.5 Å². The summed E-state index contributed by atoms with van der Waals surface area (Å²) in [6.45, 7) is 4.30. The van der Waals surface area contributed by atoms with Crippen LogP contribution in [0.3, 0.4) is 0 Å². The van der Waals surface area contributed by atoms with Gasteiger partial charge in [-0.15, -0.1) is 0 Å². The summed E-state index contributed by atoms with van der Waals surface area (Å²) in [4.78, 5) is 0. The summed E-state index contributed by atoms with van der Waals surface area (Å²) in [5.74, 6) is 2.02. The Morgan fingerprint density at radius 3 is 3.00 bits per heavy atom. The molecule has 1 aromatic rings. The lowest BCUT2D eigenvalue weighted by molar-refractivity contribution is 0.288. The highest BCUT2D eigenvalue weighted by molar-refractivity contribution is 5.40. The van der Waals surface area contributed by atoms with E-state index in [-0.39, 0.29) is 0 Å². The van der Waals surface area contributed by atoms with Gasteiger partial charge in [0.25, 0.3) is 0 Å². The first-order valence-electron chi connectivity index (χ1n) is 7.36. The second kappa shape index (κ2) is 5.31. The van der Waals surface area contributed by atoms with Gasteiger partial charge in [0.15, 0.2) is 0 Å². The molecule has 1 fully saturated rings. The van der Waals surface area contributed by atoms with Gasteiger partial charge in [-0.2, -0.15) is 0 Å². The number of nitrogens with one attached hydrogen (secondary N) is 1. The molecule has 0 aromatic heterocycles. The van der Waals surface area contributed by atoms with Crippen molar-refractivity contribution in [2.45, 2.75) is 45.1 Å². The molecule has 98 valence electrons. The topological polar surface area (TPSA) is 21.3 Å². The van der Waals surface area contributed by atoms with Crippen LogP contribution in [0.4, 0.5) is 0 Å². The van der Waals surface area contributed by atoms with E-state index in [0.717, 1.165) is 31.1 Å². The number of hydrogen-bond acceptors (Lipinski definition) is 2. The van der Waals surface area contributed by atoms with Crippen molar-refractivity contribution in [3.8, 4) is 5.75 Å². The molecule has 1 aliphatic carbocycles. The van der Waals surface area contributed by atoms with Gasteiger partial charge in [-0.05, 0) is 48.9 Å². The average Bonchev–Trinajstić information content (AvgIpc) is 2.79. The maximum absolute atomic E-state index is 5.57. The first-order chi connectivity index (χ1) is 8.86. The lowest BCUT2D eigenvalue weighted by Crippen LogP contribution is -2.30. The summed E-state index contributed by atoms with van der Waals surface area (Å²) < 4.78 is 5.57. The monoisotopic (exact) mass is 245 g/mol. The number of ether oxygens (including phenoxy) is 1. The van der Waals surface area contributed by atoms with E-state index in [2.05, 4.69) is 30.4 Å². The minimum atomic E-state index is 0.511. The van der Waals surface area contributed by atoms with Crippen LogP contribution in [-0.4, -0.2) is 13.2 Å². The van der Waals surface area contributed by atoms with E-state index in [9.17, 15) is 0 Å². The molecule has 0 saturated heterocycles. The molecule has 1 heterocycles. The smallest absolute Gasteiger partial charge is 0.122 e. The molecule has 3 rings (SSSR count). The molecule has 18 heavy (non-hydrogen) atoms. The van der Waals surface area contributed by atoms with Gasteiger partial charge in [0, 0.05) is 12.5 Å². The van der Waals surface area contributed by atoms with Gasteiger partial charge in [0.05, 0.1) is 6.61 Å². The van der Waals surface area contributed by atoms with Gasteiger partial charge >= 0.3 is 0 Å². The number of hydrogen-bond donors (Lipinski definition) is 1. The largest absolute Gasteiger partial charge is 0.493 e. The zero-order valence-corrected chi connectivity index (χ0v) is 11.2. The SMILES string of the molecule is CCC(NCC1CCC1)c1ccc2c(c1)CCO2. The third-order valence-corrected chi connectivity index (χ3v) is 4.40. The fourth-order valence-corrected chi connectivity index (χ4v) is 2.93. The first-order valence-corrected chi connectivity index (χ1v) is 7.36. The summed E-state index contributed by atoms with van der Waals surface area (Å²) in [5, 5.41) is 3.74. The zero-order valence-electron chi connectivity index (χ0n) is 11.2. The van der Waals surface area contributed by atoms with Crippen LogP contribution >= 0.6 is 0 Å². The zero-order chi connectivity index (χ0) is 12.4. The normalized spacial score (nSPS) is 20.1. The van der Waals surface area contributed by atoms with Gasteiger partial charge < -0.3 is 10.1 Å². The molecule has 1 aliphatic heterocycles. The fraction of sp³-hybridized carbons (Fsp3) is 0.625. The van der Waals surface area contributed by atoms with Crippen LogP contribution < -0.4 is 10.1 Å². The molecule has 1 N–H and O–H groups in total. The second-order valence-corrected chi connectivity index (χ2v) is 5.63. The van der Waals surface area contributed by atoms with E-state index in [1.165, 1.54) is 36.9 Å². The molecule has 0 amide bonds.